The molecule has 6 heteroatoms. The fourth-order valence-corrected chi connectivity index (χ4v) is 2.84. The average Bonchev–Trinajstić information content (AvgIpc) is 2.88. The maximum absolute atomic E-state index is 12.7. The van der Waals surface area contributed by atoms with Gasteiger partial charge in [-0.15, -0.1) is 0 Å². The maximum Gasteiger partial charge on any atom is 0.256 e. The van der Waals surface area contributed by atoms with Gasteiger partial charge in [-0.25, -0.2) is 4.90 Å². The van der Waals surface area contributed by atoms with Crippen molar-refractivity contribution in [3.05, 3.63) is 54.1 Å². The lowest BCUT2D eigenvalue weighted by Gasteiger charge is -2.18. The topological polar surface area (TPSA) is 75.7 Å². The second-order valence-electron chi connectivity index (χ2n) is 5.78. The lowest BCUT2D eigenvalue weighted by Crippen LogP contribution is -2.35. The Balaban J connectivity index is 1.84. The van der Waals surface area contributed by atoms with Crippen molar-refractivity contribution in [1.29, 1.82) is 0 Å². The number of rotatable bonds is 5. The summed E-state index contributed by atoms with van der Waals surface area (Å²) in [5.41, 5.74) is 1.60. The molecule has 0 aliphatic carbocycles. The van der Waals surface area contributed by atoms with E-state index in [1.54, 1.807) is 48.5 Å². The molecule has 3 rings (SSSR count). The number of ketones is 1. The van der Waals surface area contributed by atoms with Crippen molar-refractivity contribution in [2.75, 3.05) is 17.3 Å². The minimum atomic E-state index is -0.681. The Morgan fingerprint density at radius 1 is 1.16 bits per heavy atom. The molecule has 1 aliphatic heterocycles. The molecule has 1 heterocycles. The highest BCUT2D eigenvalue weighted by atomic mass is 16.5. The van der Waals surface area contributed by atoms with Crippen molar-refractivity contribution < 1.29 is 19.1 Å². The second kappa shape index (κ2) is 6.76. The summed E-state index contributed by atoms with van der Waals surface area (Å²) >= 11 is 0. The number of ether oxygens (including phenoxy) is 1. The third-order valence-corrected chi connectivity index (χ3v) is 4.08. The Labute approximate surface area is 145 Å². The van der Waals surface area contributed by atoms with Crippen molar-refractivity contribution in [3.8, 4) is 5.75 Å². The van der Waals surface area contributed by atoms with Gasteiger partial charge < -0.3 is 10.1 Å². The van der Waals surface area contributed by atoms with Crippen LogP contribution in [-0.2, 0) is 9.59 Å². The molecular weight excluding hydrogens is 320 g/mol. The first-order valence-electron chi connectivity index (χ1n) is 7.88. The van der Waals surface area contributed by atoms with E-state index in [0.29, 0.717) is 22.7 Å². The average molecular weight is 338 g/mol. The van der Waals surface area contributed by atoms with E-state index < -0.39 is 6.04 Å². The standard InChI is InChI=1S/C19H18N2O4/c1-12(22)13-6-5-7-14(10-13)20-15-11-18(23)21(19(15)24)16-8-3-4-9-17(16)25-2/h3-10,15,20H,11H2,1-2H3/t15-/m1/s1. The molecule has 1 saturated heterocycles. The van der Waals surface area contributed by atoms with E-state index in [1.807, 2.05) is 0 Å². The summed E-state index contributed by atoms with van der Waals surface area (Å²) in [4.78, 5) is 37.7. The normalized spacial score (nSPS) is 16.9. The van der Waals surface area contributed by atoms with Gasteiger partial charge in [0.05, 0.1) is 19.2 Å². The molecule has 0 saturated carbocycles. The van der Waals surface area contributed by atoms with Crippen molar-refractivity contribution in [1.82, 2.24) is 0 Å². The number of imide groups is 1. The molecule has 2 amide bonds. The largest absolute Gasteiger partial charge is 0.495 e. The Kier molecular flexibility index (Phi) is 4.52. The fraction of sp³-hybridized carbons (Fsp3) is 0.211. The summed E-state index contributed by atoms with van der Waals surface area (Å²) in [5, 5.41) is 3.05. The zero-order chi connectivity index (χ0) is 18.0. The molecule has 128 valence electrons. The van der Waals surface area contributed by atoms with Gasteiger partial charge in [-0.05, 0) is 31.2 Å². The van der Waals surface area contributed by atoms with Crippen LogP contribution in [0, 0.1) is 0 Å². The molecule has 25 heavy (non-hydrogen) atoms. The Bertz CT molecular complexity index is 847. The number of amides is 2. The Hall–Kier alpha value is -3.15. The summed E-state index contributed by atoms with van der Waals surface area (Å²) in [7, 11) is 1.49. The van der Waals surface area contributed by atoms with Gasteiger partial charge in [0, 0.05) is 11.3 Å². The molecule has 1 atom stereocenters. The minimum absolute atomic E-state index is 0.0428. The van der Waals surface area contributed by atoms with Gasteiger partial charge in [0.15, 0.2) is 5.78 Å². The van der Waals surface area contributed by atoms with Gasteiger partial charge >= 0.3 is 0 Å². The summed E-state index contributed by atoms with van der Waals surface area (Å²) in [6, 6.07) is 13.1. The lowest BCUT2D eigenvalue weighted by molar-refractivity contribution is -0.121. The van der Waals surface area contributed by atoms with E-state index in [4.69, 9.17) is 4.74 Å². The molecule has 0 unspecified atom stereocenters. The van der Waals surface area contributed by atoms with Crippen molar-refractivity contribution in [3.63, 3.8) is 0 Å². The maximum atomic E-state index is 12.7. The zero-order valence-electron chi connectivity index (χ0n) is 14.0. The molecule has 1 aliphatic rings. The van der Waals surface area contributed by atoms with E-state index in [-0.39, 0.29) is 24.0 Å². The summed E-state index contributed by atoms with van der Waals surface area (Å²) < 4.78 is 5.25. The number of benzene rings is 2. The van der Waals surface area contributed by atoms with Crippen molar-refractivity contribution >= 4 is 29.0 Å². The smallest absolute Gasteiger partial charge is 0.256 e. The van der Waals surface area contributed by atoms with Crippen LogP contribution in [0.5, 0.6) is 5.75 Å². The lowest BCUT2D eigenvalue weighted by atomic mass is 10.1. The van der Waals surface area contributed by atoms with Gasteiger partial charge in [0.25, 0.3) is 5.91 Å². The number of Topliss-reactive ketones (excluding diaryl/α,β-unsaturated/α-hetero) is 1. The predicted molar refractivity (Wildman–Crippen MR) is 94.0 cm³/mol. The number of para-hydroxylation sites is 2. The molecule has 2 aromatic rings. The van der Waals surface area contributed by atoms with Crippen LogP contribution in [0.3, 0.4) is 0 Å². The van der Waals surface area contributed by atoms with E-state index in [2.05, 4.69) is 5.32 Å². The first kappa shape index (κ1) is 16.7. The van der Waals surface area contributed by atoms with Crippen LogP contribution in [0.1, 0.15) is 23.7 Å². The van der Waals surface area contributed by atoms with E-state index in [0.717, 1.165) is 4.90 Å². The molecule has 0 radical (unpaired) electrons. The molecule has 1 N–H and O–H groups in total. The molecule has 6 nitrogen and oxygen atoms in total. The Morgan fingerprint density at radius 3 is 2.64 bits per heavy atom. The number of hydrogen-bond donors (Lipinski definition) is 1. The highest BCUT2D eigenvalue weighted by Gasteiger charge is 2.40. The number of carbonyl (C=O) groups is 3. The zero-order valence-corrected chi connectivity index (χ0v) is 14.0. The molecule has 1 fully saturated rings. The van der Waals surface area contributed by atoms with E-state index >= 15 is 0 Å². The van der Waals surface area contributed by atoms with Gasteiger partial charge in [0.2, 0.25) is 5.91 Å². The first-order chi connectivity index (χ1) is 12.0. The number of methoxy groups -OCH3 is 1. The van der Waals surface area contributed by atoms with Crippen LogP contribution < -0.4 is 15.0 Å². The summed E-state index contributed by atoms with van der Waals surface area (Å²) in [6.45, 7) is 1.48. The predicted octanol–water partition coefficient (Wildman–Crippen LogP) is 2.64. The molecule has 0 bridgehead atoms. The third kappa shape index (κ3) is 3.24. The highest BCUT2D eigenvalue weighted by molar-refractivity contribution is 6.23. The van der Waals surface area contributed by atoms with Crippen LogP contribution in [0.4, 0.5) is 11.4 Å². The summed E-state index contributed by atoms with van der Waals surface area (Å²) in [6.07, 6.45) is 0.0428. The van der Waals surface area contributed by atoms with Crippen molar-refractivity contribution in [2.24, 2.45) is 0 Å². The van der Waals surface area contributed by atoms with Crippen LogP contribution in [0.25, 0.3) is 0 Å². The quantitative estimate of drug-likeness (QED) is 0.670. The molecule has 0 spiro atoms. The fourth-order valence-electron chi connectivity index (χ4n) is 2.84. The van der Waals surface area contributed by atoms with E-state index in [9.17, 15) is 14.4 Å². The highest BCUT2D eigenvalue weighted by Crippen LogP contribution is 2.32. The van der Waals surface area contributed by atoms with Crippen molar-refractivity contribution in [2.45, 2.75) is 19.4 Å². The minimum Gasteiger partial charge on any atom is -0.495 e. The Morgan fingerprint density at radius 2 is 1.92 bits per heavy atom. The number of hydrogen-bond acceptors (Lipinski definition) is 5. The SMILES string of the molecule is COc1ccccc1N1C(=O)C[C@@H](Nc2cccc(C(C)=O)c2)C1=O. The molecular formula is C19H18N2O4. The van der Waals surface area contributed by atoms with Crippen LogP contribution in [0.15, 0.2) is 48.5 Å². The number of nitrogens with zero attached hydrogens (tertiary/aromatic N) is 1. The third-order valence-electron chi connectivity index (χ3n) is 4.08. The second-order valence-corrected chi connectivity index (χ2v) is 5.78. The number of carbonyl (C=O) groups excluding carboxylic acids is 3. The van der Waals surface area contributed by atoms with Crippen LogP contribution >= 0.6 is 0 Å². The van der Waals surface area contributed by atoms with Gasteiger partial charge in [-0.1, -0.05) is 24.3 Å². The first-order valence-corrected chi connectivity index (χ1v) is 7.88. The monoisotopic (exact) mass is 338 g/mol. The molecule has 2 aromatic carbocycles. The van der Waals surface area contributed by atoms with Crippen LogP contribution in [-0.4, -0.2) is 30.7 Å². The summed E-state index contributed by atoms with van der Waals surface area (Å²) in [5.74, 6) is -0.242. The van der Waals surface area contributed by atoms with Gasteiger partial charge in [-0.2, -0.15) is 0 Å². The number of nitrogens with one attached hydrogen (secondary N) is 1. The number of anilines is 2. The van der Waals surface area contributed by atoms with Crippen LogP contribution in [0.2, 0.25) is 0 Å². The van der Waals surface area contributed by atoms with Gasteiger partial charge in [-0.3, -0.25) is 14.4 Å². The van der Waals surface area contributed by atoms with E-state index in [1.165, 1.54) is 14.0 Å². The van der Waals surface area contributed by atoms with Gasteiger partial charge in [0.1, 0.15) is 11.8 Å². The molecule has 0 aromatic heterocycles.